The molecule has 202 valence electrons. The van der Waals surface area contributed by atoms with Gasteiger partial charge in [0.2, 0.25) is 0 Å². The number of hydrogen-bond donors (Lipinski definition) is 1. The van der Waals surface area contributed by atoms with E-state index in [-0.39, 0.29) is 28.8 Å². The van der Waals surface area contributed by atoms with Crippen molar-refractivity contribution in [2.75, 3.05) is 4.90 Å². The van der Waals surface area contributed by atoms with Gasteiger partial charge in [0.25, 0.3) is 0 Å². The molecule has 3 aromatic rings. The van der Waals surface area contributed by atoms with Gasteiger partial charge in [-0.3, -0.25) is 9.69 Å². The lowest BCUT2D eigenvalue weighted by Gasteiger charge is -2.26. The summed E-state index contributed by atoms with van der Waals surface area (Å²) in [6, 6.07) is 13.5. The molecule has 0 heterocycles. The van der Waals surface area contributed by atoms with Crippen LogP contribution < -0.4 is 9.64 Å². The maximum atomic E-state index is 13.6. The number of benzene rings is 3. The molecule has 0 fully saturated rings. The second-order valence-corrected chi connectivity index (χ2v) is 9.45. The minimum Gasteiger partial charge on any atom is -0.474 e. The summed E-state index contributed by atoms with van der Waals surface area (Å²) in [7, 11) is 0. The van der Waals surface area contributed by atoms with Gasteiger partial charge >= 0.3 is 24.4 Å². The number of alkyl halides is 6. The third-order valence-electron chi connectivity index (χ3n) is 5.60. The summed E-state index contributed by atoms with van der Waals surface area (Å²) < 4.78 is 82.1. The van der Waals surface area contributed by atoms with Gasteiger partial charge in [-0.1, -0.05) is 63.2 Å². The Morgan fingerprint density at radius 1 is 0.816 bits per heavy atom. The molecule has 0 aliphatic heterocycles. The molecule has 3 aromatic carbocycles. The van der Waals surface area contributed by atoms with Crippen molar-refractivity contribution in [2.45, 2.75) is 45.3 Å². The molecule has 0 bridgehead atoms. The quantitative estimate of drug-likeness (QED) is 0.275. The number of amides is 1. The highest BCUT2D eigenvalue weighted by Crippen LogP contribution is 2.39. The molecule has 5 nitrogen and oxygen atoms in total. The molecule has 0 saturated carbocycles. The van der Waals surface area contributed by atoms with Crippen molar-refractivity contribution in [2.24, 2.45) is 0 Å². The first-order valence-electron chi connectivity index (χ1n) is 11.2. The molecule has 0 radical (unpaired) electrons. The van der Waals surface area contributed by atoms with E-state index in [4.69, 9.17) is 0 Å². The number of carbonyl (C=O) groups is 2. The van der Waals surface area contributed by atoms with Crippen LogP contribution in [0.1, 0.15) is 37.5 Å². The Kier molecular flexibility index (Phi) is 7.81. The summed E-state index contributed by atoms with van der Waals surface area (Å²) in [5.41, 5.74) is -0.197. The topological polar surface area (TPSA) is 66.8 Å². The number of ether oxygens (including phenoxy) is 1. The van der Waals surface area contributed by atoms with E-state index in [0.717, 1.165) is 42.0 Å². The van der Waals surface area contributed by atoms with Crippen LogP contribution in [0.25, 0.3) is 11.1 Å². The van der Waals surface area contributed by atoms with Crippen LogP contribution in [0.3, 0.4) is 0 Å². The van der Waals surface area contributed by atoms with Crippen LogP contribution in [0.15, 0.2) is 66.7 Å². The lowest BCUT2D eigenvalue weighted by Crippen LogP contribution is -2.36. The first-order chi connectivity index (χ1) is 17.5. The van der Waals surface area contributed by atoms with Gasteiger partial charge in [0.05, 0.1) is 17.8 Å². The number of nitrogens with zero attached hydrogens (tertiary/aromatic N) is 1. The van der Waals surface area contributed by atoms with Crippen LogP contribution in [0.5, 0.6) is 5.75 Å². The second kappa shape index (κ2) is 10.4. The number of rotatable bonds is 5. The molecule has 3 rings (SSSR count). The van der Waals surface area contributed by atoms with E-state index in [9.17, 15) is 41.0 Å². The van der Waals surface area contributed by atoms with Crippen molar-refractivity contribution >= 4 is 17.6 Å². The van der Waals surface area contributed by atoms with Gasteiger partial charge in [-0.25, -0.2) is 4.79 Å². The molecule has 0 aromatic heterocycles. The lowest BCUT2D eigenvalue weighted by molar-refractivity contribution is -0.274. The number of carbonyl (C=O) groups excluding carboxylic acids is 1. The van der Waals surface area contributed by atoms with Crippen LogP contribution >= 0.6 is 0 Å². The number of aliphatic carboxylic acids is 1. The molecular formula is C27H23F6NO4. The van der Waals surface area contributed by atoms with Crippen molar-refractivity contribution < 1.29 is 45.8 Å². The molecule has 38 heavy (non-hydrogen) atoms. The summed E-state index contributed by atoms with van der Waals surface area (Å²) in [5.74, 6) is -3.94. The van der Waals surface area contributed by atoms with E-state index in [1.807, 2.05) is 20.8 Å². The Morgan fingerprint density at radius 2 is 1.37 bits per heavy atom. The SMILES string of the molecule is CC(C)(C)c1ccc(CN(C(=O)C(=O)O)c2cc(C(F)(F)F)ccc2-c2ccc(OC(F)(F)F)cc2)cc1. The molecule has 0 aliphatic rings. The lowest BCUT2D eigenvalue weighted by atomic mass is 9.86. The Bertz CT molecular complexity index is 1310. The molecule has 11 heteroatoms. The highest BCUT2D eigenvalue weighted by atomic mass is 19.4. The van der Waals surface area contributed by atoms with Gasteiger partial charge in [-0.05, 0) is 46.4 Å². The third-order valence-corrected chi connectivity index (χ3v) is 5.60. The van der Waals surface area contributed by atoms with E-state index in [1.165, 1.54) is 0 Å². The van der Waals surface area contributed by atoms with Crippen molar-refractivity contribution in [3.8, 4) is 16.9 Å². The number of halogens is 6. The summed E-state index contributed by atoms with van der Waals surface area (Å²) in [6.45, 7) is 5.55. The van der Waals surface area contributed by atoms with E-state index < -0.39 is 35.7 Å². The zero-order valence-corrected chi connectivity index (χ0v) is 20.4. The summed E-state index contributed by atoms with van der Waals surface area (Å²) in [6.07, 6.45) is -9.77. The van der Waals surface area contributed by atoms with Gasteiger partial charge in [0.15, 0.2) is 0 Å². The van der Waals surface area contributed by atoms with Crippen LogP contribution in [-0.4, -0.2) is 23.3 Å². The van der Waals surface area contributed by atoms with Crippen LogP contribution in [0.2, 0.25) is 0 Å². The van der Waals surface area contributed by atoms with Crippen LogP contribution in [0, 0.1) is 0 Å². The fourth-order valence-electron chi connectivity index (χ4n) is 3.69. The Hall–Kier alpha value is -4.02. The monoisotopic (exact) mass is 539 g/mol. The standard InChI is InChI=1S/C27H23F6NO4/c1-25(2,3)18-8-4-16(5-9-18)15-34(23(35)24(36)37)22-14-19(26(28,29)30)10-13-21(22)17-6-11-20(12-7-17)38-27(31,32)33/h4-14H,15H2,1-3H3,(H,36,37). The predicted octanol–water partition coefficient (Wildman–Crippen LogP) is 7.19. The van der Waals surface area contributed by atoms with Crippen molar-refractivity contribution in [3.05, 3.63) is 83.4 Å². The molecule has 0 saturated heterocycles. The molecule has 0 atom stereocenters. The van der Waals surface area contributed by atoms with Gasteiger partial charge in [-0.2, -0.15) is 13.2 Å². The largest absolute Gasteiger partial charge is 0.573 e. The van der Waals surface area contributed by atoms with E-state index >= 15 is 0 Å². The first-order valence-corrected chi connectivity index (χ1v) is 11.2. The summed E-state index contributed by atoms with van der Waals surface area (Å²) in [5, 5.41) is 9.44. The molecular weight excluding hydrogens is 516 g/mol. The van der Waals surface area contributed by atoms with E-state index in [0.29, 0.717) is 16.5 Å². The molecule has 1 N–H and O–H groups in total. The second-order valence-electron chi connectivity index (χ2n) is 9.45. The number of hydrogen-bond acceptors (Lipinski definition) is 3. The fourth-order valence-corrected chi connectivity index (χ4v) is 3.69. The van der Waals surface area contributed by atoms with Gasteiger partial charge < -0.3 is 9.84 Å². The van der Waals surface area contributed by atoms with Gasteiger partial charge in [-0.15, -0.1) is 13.2 Å². The number of anilines is 1. The van der Waals surface area contributed by atoms with Gasteiger partial charge in [0, 0.05) is 5.56 Å². The maximum absolute atomic E-state index is 13.6. The molecule has 0 spiro atoms. The molecule has 1 amide bonds. The van der Waals surface area contributed by atoms with E-state index in [2.05, 4.69) is 4.74 Å². The first kappa shape index (κ1) is 28.5. The number of carboxylic acid groups (broad SMARTS) is 1. The van der Waals surface area contributed by atoms with Crippen molar-refractivity contribution in [1.29, 1.82) is 0 Å². The Morgan fingerprint density at radius 3 is 1.84 bits per heavy atom. The summed E-state index contributed by atoms with van der Waals surface area (Å²) in [4.78, 5) is 25.1. The zero-order chi connectivity index (χ0) is 28.5. The number of carboxylic acids is 1. The molecule has 0 aliphatic carbocycles. The van der Waals surface area contributed by atoms with Crippen LogP contribution in [-0.2, 0) is 27.7 Å². The molecule has 0 unspecified atom stereocenters. The minimum atomic E-state index is -4.95. The van der Waals surface area contributed by atoms with Crippen molar-refractivity contribution in [1.82, 2.24) is 0 Å². The van der Waals surface area contributed by atoms with Gasteiger partial charge in [0.1, 0.15) is 5.75 Å². The highest BCUT2D eigenvalue weighted by molar-refractivity contribution is 6.37. The third kappa shape index (κ3) is 7.05. The highest BCUT2D eigenvalue weighted by Gasteiger charge is 2.34. The average molecular weight is 539 g/mol. The minimum absolute atomic E-state index is 0.00234. The normalized spacial score (nSPS) is 12.2. The smallest absolute Gasteiger partial charge is 0.474 e. The Labute approximate surface area is 214 Å². The fraction of sp³-hybridized carbons (Fsp3) is 0.259. The summed E-state index contributed by atoms with van der Waals surface area (Å²) >= 11 is 0. The van der Waals surface area contributed by atoms with E-state index in [1.54, 1.807) is 24.3 Å². The zero-order valence-electron chi connectivity index (χ0n) is 20.4. The van der Waals surface area contributed by atoms with Crippen molar-refractivity contribution in [3.63, 3.8) is 0 Å². The predicted molar refractivity (Wildman–Crippen MR) is 128 cm³/mol. The Balaban J connectivity index is 2.13. The average Bonchev–Trinajstić information content (AvgIpc) is 2.80. The maximum Gasteiger partial charge on any atom is 0.573 e. The van der Waals surface area contributed by atoms with Crippen LogP contribution in [0.4, 0.5) is 32.0 Å².